The highest BCUT2D eigenvalue weighted by atomic mass is 16.4. The van der Waals surface area contributed by atoms with Gasteiger partial charge in [0, 0.05) is 6.42 Å². The maximum Gasteiger partial charge on any atom is 0.325 e. The number of amides is 3. The molecule has 0 aromatic carbocycles. The van der Waals surface area contributed by atoms with Crippen LogP contribution in [0.25, 0.3) is 0 Å². The minimum absolute atomic E-state index is 0.341. The topological polar surface area (TPSA) is 225 Å². The Kier molecular flexibility index (Phi) is 10.2. The molecule has 0 bridgehead atoms. The van der Waals surface area contributed by atoms with Crippen LogP contribution in [-0.4, -0.2) is 75.1 Å². The van der Waals surface area contributed by atoms with E-state index in [0.717, 1.165) is 0 Å². The average Bonchev–Trinajstić information content (AvgIpc) is 2.56. The van der Waals surface area contributed by atoms with Gasteiger partial charge in [0.1, 0.15) is 18.1 Å². The summed E-state index contributed by atoms with van der Waals surface area (Å²) in [5.74, 6) is -6.58. The highest BCUT2D eigenvalue weighted by Crippen LogP contribution is 2.01. The molecular weight excluding hydrogens is 380 g/mol. The van der Waals surface area contributed by atoms with Gasteiger partial charge in [-0.3, -0.25) is 28.8 Å². The van der Waals surface area contributed by atoms with Crippen molar-refractivity contribution >= 4 is 35.6 Å². The molecule has 28 heavy (non-hydrogen) atoms. The molecule has 0 aromatic heterocycles. The first-order valence-electron chi connectivity index (χ1n) is 8.18. The zero-order chi connectivity index (χ0) is 22.0. The van der Waals surface area contributed by atoms with Crippen molar-refractivity contribution in [2.45, 2.75) is 57.3 Å². The number of nitrogens with two attached hydrogens (primary N) is 1. The minimum Gasteiger partial charge on any atom is -0.481 e. The van der Waals surface area contributed by atoms with E-state index < -0.39 is 72.6 Å². The second kappa shape index (κ2) is 11.5. The number of nitrogens with one attached hydrogen (secondary N) is 3. The third-order valence-corrected chi connectivity index (χ3v) is 3.49. The van der Waals surface area contributed by atoms with Crippen molar-refractivity contribution in [1.82, 2.24) is 16.0 Å². The molecule has 0 heterocycles. The summed E-state index contributed by atoms with van der Waals surface area (Å²) in [7, 11) is 0. The summed E-state index contributed by atoms with van der Waals surface area (Å²) in [6.45, 7) is 2.47. The van der Waals surface area contributed by atoms with Crippen LogP contribution in [0, 0.1) is 0 Å². The van der Waals surface area contributed by atoms with Crippen LogP contribution in [0.1, 0.15) is 33.1 Å². The molecule has 0 aliphatic rings. The maximum atomic E-state index is 12.3. The van der Waals surface area contributed by atoms with E-state index in [4.69, 9.17) is 21.1 Å². The second-order valence-corrected chi connectivity index (χ2v) is 6.00. The van der Waals surface area contributed by atoms with Crippen LogP contribution in [0.3, 0.4) is 0 Å². The first kappa shape index (κ1) is 24.8. The van der Waals surface area contributed by atoms with Crippen molar-refractivity contribution in [3.8, 4) is 0 Å². The summed E-state index contributed by atoms with van der Waals surface area (Å²) in [5.41, 5.74) is 5.39. The first-order chi connectivity index (χ1) is 12.8. The van der Waals surface area contributed by atoms with E-state index in [9.17, 15) is 28.8 Å². The van der Waals surface area contributed by atoms with Crippen molar-refractivity contribution in [3.63, 3.8) is 0 Å². The highest BCUT2D eigenvalue weighted by Gasteiger charge is 2.28. The van der Waals surface area contributed by atoms with Gasteiger partial charge in [0.05, 0.1) is 12.5 Å². The quantitative estimate of drug-likeness (QED) is 0.177. The van der Waals surface area contributed by atoms with Crippen LogP contribution < -0.4 is 21.7 Å². The molecule has 0 spiro atoms. The number of carbonyl (C=O) groups is 6. The molecule has 0 aliphatic carbocycles. The van der Waals surface area contributed by atoms with Crippen LogP contribution in [0.5, 0.6) is 0 Å². The molecular formula is C15H24N4O9. The van der Waals surface area contributed by atoms with Gasteiger partial charge in [-0.2, -0.15) is 0 Å². The molecule has 3 amide bonds. The molecule has 0 saturated heterocycles. The molecule has 0 fully saturated rings. The Morgan fingerprint density at radius 3 is 1.79 bits per heavy atom. The number of rotatable bonds is 12. The molecule has 13 nitrogen and oxygen atoms in total. The van der Waals surface area contributed by atoms with Crippen molar-refractivity contribution in [1.29, 1.82) is 0 Å². The highest BCUT2D eigenvalue weighted by molar-refractivity contribution is 5.94. The lowest BCUT2D eigenvalue weighted by atomic mass is 10.1. The summed E-state index contributed by atoms with van der Waals surface area (Å²) in [4.78, 5) is 68.2. The molecule has 8 N–H and O–H groups in total. The van der Waals surface area contributed by atoms with E-state index in [1.165, 1.54) is 13.8 Å². The number of aliphatic carboxylic acids is 3. The van der Waals surface area contributed by atoms with Crippen LogP contribution in [0.15, 0.2) is 0 Å². The van der Waals surface area contributed by atoms with Gasteiger partial charge in [0.25, 0.3) is 0 Å². The molecule has 0 aromatic rings. The zero-order valence-corrected chi connectivity index (χ0v) is 15.3. The summed E-state index contributed by atoms with van der Waals surface area (Å²) < 4.78 is 0. The van der Waals surface area contributed by atoms with Crippen LogP contribution in [0.4, 0.5) is 0 Å². The first-order valence-corrected chi connectivity index (χ1v) is 8.18. The van der Waals surface area contributed by atoms with E-state index in [-0.39, 0.29) is 6.42 Å². The van der Waals surface area contributed by atoms with E-state index in [2.05, 4.69) is 16.0 Å². The summed E-state index contributed by atoms with van der Waals surface area (Å²) in [5, 5.41) is 32.7. The lowest BCUT2D eigenvalue weighted by molar-refractivity contribution is -0.141. The molecule has 0 radical (unpaired) electrons. The number of carboxylic acid groups (broad SMARTS) is 3. The summed E-state index contributed by atoms with van der Waals surface area (Å²) in [6, 6.07) is -5.25. The largest absolute Gasteiger partial charge is 0.481 e. The lowest BCUT2D eigenvalue weighted by Crippen LogP contribution is -2.56. The van der Waals surface area contributed by atoms with Crippen LogP contribution in [0.2, 0.25) is 0 Å². The fourth-order valence-electron chi connectivity index (χ4n) is 1.88. The number of carboxylic acids is 3. The summed E-state index contributed by atoms with van der Waals surface area (Å²) >= 11 is 0. The van der Waals surface area contributed by atoms with Crippen LogP contribution >= 0.6 is 0 Å². The molecule has 0 saturated carbocycles. The van der Waals surface area contributed by atoms with Gasteiger partial charge in [-0.15, -0.1) is 0 Å². The molecule has 13 heteroatoms. The average molecular weight is 404 g/mol. The van der Waals surface area contributed by atoms with Gasteiger partial charge >= 0.3 is 17.9 Å². The van der Waals surface area contributed by atoms with Crippen molar-refractivity contribution < 1.29 is 44.1 Å². The third-order valence-electron chi connectivity index (χ3n) is 3.49. The Morgan fingerprint density at radius 2 is 1.32 bits per heavy atom. The number of hydrogen-bond acceptors (Lipinski definition) is 7. The van der Waals surface area contributed by atoms with E-state index in [0.29, 0.717) is 0 Å². The van der Waals surface area contributed by atoms with Gasteiger partial charge in [-0.25, -0.2) is 0 Å². The van der Waals surface area contributed by atoms with Gasteiger partial charge in [0.2, 0.25) is 17.7 Å². The molecule has 0 aliphatic heterocycles. The fourth-order valence-corrected chi connectivity index (χ4v) is 1.88. The van der Waals surface area contributed by atoms with Crippen molar-refractivity contribution in [2.75, 3.05) is 0 Å². The Bertz CT molecular complexity index is 637. The Labute approximate surface area is 159 Å². The molecule has 158 valence electrons. The van der Waals surface area contributed by atoms with Gasteiger partial charge in [0.15, 0.2) is 0 Å². The third kappa shape index (κ3) is 9.47. The van der Waals surface area contributed by atoms with Crippen molar-refractivity contribution in [2.24, 2.45) is 5.73 Å². The predicted octanol–water partition coefficient (Wildman–Crippen LogP) is -2.77. The molecule has 0 rings (SSSR count). The predicted molar refractivity (Wildman–Crippen MR) is 91.9 cm³/mol. The SMILES string of the molecule is CC(NC(=O)C(C)NC(=O)C(CCC(=O)O)NC(=O)C(N)CC(=O)O)C(=O)O. The number of carbonyl (C=O) groups excluding carboxylic acids is 3. The maximum absolute atomic E-state index is 12.3. The minimum atomic E-state index is -1.46. The summed E-state index contributed by atoms with van der Waals surface area (Å²) in [6.07, 6.45) is -1.54. The Morgan fingerprint density at radius 1 is 0.786 bits per heavy atom. The van der Waals surface area contributed by atoms with Crippen molar-refractivity contribution in [3.05, 3.63) is 0 Å². The van der Waals surface area contributed by atoms with E-state index >= 15 is 0 Å². The van der Waals surface area contributed by atoms with Gasteiger partial charge < -0.3 is 37.0 Å². The standard InChI is InChI=1S/C15H24N4O9/c1-6(12(24)18-7(2)15(27)28)17-14(26)9(3-4-10(20)21)19-13(25)8(16)5-11(22)23/h6-9H,3-5,16H2,1-2H3,(H,17,26)(H,18,24)(H,19,25)(H,20,21)(H,22,23)(H,27,28). The normalized spacial score (nSPS) is 14.7. The Balaban J connectivity index is 5.03. The van der Waals surface area contributed by atoms with Gasteiger partial charge in [-0.05, 0) is 20.3 Å². The Hall–Kier alpha value is -3.22. The van der Waals surface area contributed by atoms with E-state index in [1.807, 2.05) is 0 Å². The second-order valence-electron chi connectivity index (χ2n) is 6.00. The fraction of sp³-hybridized carbons (Fsp3) is 0.600. The molecule has 4 unspecified atom stereocenters. The smallest absolute Gasteiger partial charge is 0.325 e. The molecule has 4 atom stereocenters. The van der Waals surface area contributed by atoms with E-state index in [1.54, 1.807) is 0 Å². The van der Waals surface area contributed by atoms with Crippen LogP contribution in [-0.2, 0) is 28.8 Å². The monoisotopic (exact) mass is 404 g/mol. The zero-order valence-electron chi connectivity index (χ0n) is 15.3. The number of hydrogen-bond donors (Lipinski definition) is 7. The lowest BCUT2D eigenvalue weighted by Gasteiger charge is -2.22. The van der Waals surface area contributed by atoms with Gasteiger partial charge in [-0.1, -0.05) is 0 Å².